The summed E-state index contributed by atoms with van der Waals surface area (Å²) in [6.07, 6.45) is 3.94. The van der Waals surface area contributed by atoms with Crippen LogP contribution in [0.2, 0.25) is 0 Å². The molecule has 0 saturated carbocycles. The number of carbonyl (C=O) groups excluding carboxylic acids is 1. The van der Waals surface area contributed by atoms with Gasteiger partial charge in [-0.05, 0) is 38.8 Å². The van der Waals surface area contributed by atoms with Gasteiger partial charge in [-0.15, -0.1) is 0 Å². The van der Waals surface area contributed by atoms with Gasteiger partial charge in [0.25, 0.3) is 0 Å². The van der Waals surface area contributed by atoms with Crippen molar-refractivity contribution in [1.82, 2.24) is 4.98 Å². The molecule has 178 valence electrons. The van der Waals surface area contributed by atoms with E-state index in [1.165, 1.54) is 25.5 Å². The third-order valence-corrected chi connectivity index (χ3v) is 6.19. The van der Waals surface area contributed by atoms with E-state index in [0.29, 0.717) is 31.1 Å². The maximum Gasteiger partial charge on any atom is 0.330 e. The Bertz CT molecular complexity index is 832. The molecule has 0 amide bonds. The quantitative estimate of drug-likeness (QED) is 0.290. The van der Waals surface area contributed by atoms with Crippen LogP contribution in [0.3, 0.4) is 0 Å². The highest BCUT2D eigenvalue weighted by Crippen LogP contribution is 2.38. The number of aromatic nitrogens is 1. The van der Waals surface area contributed by atoms with Crippen molar-refractivity contribution in [3.8, 4) is 0 Å². The van der Waals surface area contributed by atoms with E-state index in [0.717, 1.165) is 5.57 Å². The fraction of sp³-hybridized carbons (Fsp3) is 0.652. The lowest BCUT2D eigenvalue weighted by Gasteiger charge is -2.38. The van der Waals surface area contributed by atoms with E-state index in [1.54, 1.807) is 13.0 Å². The average molecular weight is 452 g/mol. The first kappa shape index (κ1) is 24.6. The van der Waals surface area contributed by atoms with Gasteiger partial charge in [-0.25, -0.2) is 9.78 Å². The molecule has 3 N–H and O–H groups in total. The lowest BCUT2D eigenvalue weighted by molar-refractivity contribution is -0.165. The predicted octanol–water partition coefficient (Wildman–Crippen LogP) is 1.57. The highest BCUT2D eigenvalue weighted by atomic mass is 16.6. The van der Waals surface area contributed by atoms with Gasteiger partial charge < -0.3 is 33.9 Å². The van der Waals surface area contributed by atoms with Gasteiger partial charge >= 0.3 is 5.97 Å². The Morgan fingerprint density at radius 2 is 2.06 bits per heavy atom. The second-order valence-corrected chi connectivity index (χ2v) is 8.74. The summed E-state index contributed by atoms with van der Waals surface area (Å²) >= 11 is 0. The van der Waals surface area contributed by atoms with Gasteiger partial charge in [0.2, 0.25) is 5.89 Å². The molecule has 0 unspecified atom stereocenters. The molecule has 0 radical (unpaired) electrons. The molecule has 3 rings (SSSR count). The topological polar surface area (TPSA) is 135 Å². The minimum absolute atomic E-state index is 0.0182. The number of aliphatic hydroxyl groups is 3. The Kier molecular flexibility index (Phi) is 8.24. The third-order valence-electron chi connectivity index (χ3n) is 6.19. The molecular formula is C23H33NO8. The Labute approximate surface area is 187 Å². The lowest BCUT2D eigenvalue weighted by atomic mass is 9.85. The molecule has 3 heterocycles. The molecule has 9 nitrogen and oxygen atoms in total. The van der Waals surface area contributed by atoms with Crippen LogP contribution in [-0.2, 0) is 19.0 Å². The summed E-state index contributed by atoms with van der Waals surface area (Å²) in [4.78, 5) is 15.3. The van der Waals surface area contributed by atoms with Crippen molar-refractivity contribution in [2.24, 2.45) is 11.8 Å². The highest BCUT2D eigenvalue weighted by Gasteiger charge is 2.48. The molecule has 0 aliphatic carbocycles. The van der Waals surface area contributed by atoms with Crippen LogP contribution in [0.1, 0.15) is 45.3 Å². The minimum atomic E-state index is -1.02. The maximum absolute atomic E-state index is 11.1. The normalized spacial score (nSPS) is 32.7. The molecule has 2 aliphatic heterocycles. The lowest BCUT2D eigenvalue weighted by Crippen LogP contribution is -2.50. The number of rotatable bonds is 9. The number of ether oxygens (including phenoxy) is 3. The third kappa shape index (κ3) is 6.26. The molecule has 2 fully saturated rings. The number of nitrogens with zero attached hydrogens (tertiary/aromatic N) is 1. The number of methoxy groups -OCH3 is 1. The Hall–Kier alpha value is -2.04. The Balaban J connectivity index is 1.50. The van der Waals surface area contributed by atoms with Gasteiger partial charge in [0, 0.05) is 17.9 Å². The standard InChI is InChI=1S/C23H33NO8/c1-12(8-19-24-10-16(31-19)5-6-20(26)29-4)7-17-22(28)21(27)15(11-30-17)9-18-23(32-18)13(2)14(3)25/h5-6,8,10,13-15,17-18,21-23,25,27-28H,7,9,11H2,1-4H3/b6-5+,12-8+/t13-,14-,15-,17-,18-,21+,22-,23-/m0/s1. The van der Waals surface area contributed by atoms with Gasteiger partial charge in [-0.2, -0.15) is 0 Å². The van der Waals surface area contributed by atoms with Gasteiger partial charge in [0.15, 0.2) is 0 Å². The Morgan fingerprint density at radius 3 is 2.75 bits per heavy atom. The van der Waals surface area contributed by atoms with Gasteiger partial charge in [-0.1, -0.05) is 12.5 Å². The molecule has 9 heteroatoms. The maximum atomic E-state index is 11.1. The van der Waals surface area contributed by atoms with E-state index in [-0.39, 0.29) is 24.0 Å². The van der Waals surface area contributed by atoms with E-state index in [9.17, 15) is 20.1 Å². The number of esters is 1. The number of hydrogen-bond donors (Lipinski definition) is 3. The summed E-state index contributed by atoms with van der Waals surface area (Å²) in [5, 5.41) is 30.9. The van der Waals surface area contributed by atoms with Crippen LogP contribution < -0.4 is 0 Å². The fourth-order valence-corrected chi connectivity index (χ4v) is 3.96. The van der Waals surface area contributed by atoms with Crippen molar-refractivity contribution < 1.29 is 38.7 Å². The summed E-state index contributed by atoms with van der Waals surface area (Å²) in [6, 6.07) is 0. The molecule has 1 aromatic rings. The number of hydrogen-bond acceptors (Lipinski definition) is 9. The predicted molar refractivity (Wildman–Crippen MR) is 115 cm³/mol. The molecular weight excluding hydrogens is 418 g/mol. The number of oxazole rings is 1. The van der Waals surface area contributed by atoms with Crippen LogP contribution in [0.5, 0.6) is 0 Å². The molecule has 1 aromatic heterocycles. The molecule has 2 saturated heterocycles. The van der Waals surface area contributed by atoms with Crippen LogP contribution >= 0.6 is 0 Å². The zero-order valence-electron chi connectivity index (χ0n) is 18.9. The smallest absolute Gasteiger partial charge is 0.330 e. The summed E-state index contributed by atoms with van der Waals surface area (Å²) < 4.78 is 21.6. The number of carbonyl (C=O) groups is 1. The first-order chi connectivity index (χ1) is 15.2. The summed E-state index contributed by atoms with van der Waals surface area (Å²) in [5.74, 6) is 0.0831. The molecule has 0 bridgehead atoms. The SMILES string of the molecule is COC(=O)/C=C/c1cnc(/C=C(\C)C[C@@H]2OC[C@H](C[C@@H]3O[C@H]3[C@@H](C)[C@H](C)O)[C@@H](O)[C@H]2O)o1. The summed E-state index contributed by atoms with van der Waals surface area (Å²) in [6.45, 7) is 5.87. The number of aliphatic hydroxyl groups excluding tert-OH is 3. The van der Waals surface area contributed by atoms with Gasteiger partial charge in [0.05, 0.1) is 50.4 Å². The largest absolute Gasteiger partial charge is 0.466 e. The minimum Gasteiger partial charge on any atom is -0.466 e. The van der Waals surface area contributed by atoms with Crippen molar-refractivity contribution in [3.63, 3.8) is 0 Å². The van der Waals surface area contributed by atoms with Crippen LogP contribution in [0.4, 0.5) is 0 Å². The van der Waals surface area contributed by atoms with Crippen molar-refractivity contribution in [2.75, 3.05) is 13.7 Å². The molecule has 0 spiro atoms. The first-order valence-electron chi connectivity index (χ1n) is 10.9. The van der Waals surface area contributed by atoms with Gasteiger partial charge in [-0.3, -0.25) is 0 Å². The highest BCUT2D eigenvalue weighted by molar-refractivity contribution is 5.86. The monoisotopic (exact) mass is 451 g/mol. The van der Waals surface area contributed by atoms with Crippen LogP contribution in [0.25, 0.3) is 12.2 Å². The van der Waals surface area contributed by atoms with E-state index in [1.807, 2.05) is 13.8 Å². The van der Waals surface area contributed by atoms with E-state index in [2.05, 4.69) is 9.72 Å². The van der Waals surface area contributed by atoms with Crippen molar-refractivity contribution >= 4 is 18.1 Å². The molecule has 2 aliphatic rings. The summed E-state index contributed by atoms with van der Waals surface area (Å²) in [5.41, 5.74) is 0.862. The van der Waals surface area contributed by atoms with E-state index in [4.69, 9.17) is 13.9 Å². The average Bonchev–Trinajstić information content (AvgIpc) is 3.38. The van der Waals surface area contributed by atoms with E-state index >= 15 is 0 Å². The van der Waals surface area contributed by atoms with Crippen LogP contribution in [0, 0.1) is 11.8 Å². The van der Waals surface area contributed by atoms with Gasteiger partial charge in [0.1, 0.15) is 11.9 Å². The van der Waals surface area contributed by atoms with Crippen LogP contribution in [-0.4, -0.2) is 76.6 Å². The van der Waals surface area contributed by atoms with Crippen molar-refractivity contribution in [1.29, 1.82) is 0 Å². The summed E-state index contributed by atoms with van der Waals surface area (Å²) in [7, 11) is 1.29. The Morgan fingerprint density at radius 1 is 1.31 bits per heavy atom. The van der Waals surface area contributed by atoms with E-state index < -0.39 is 30.4 Å². The molecule has 32 heavy (non-hydrogen) atoms. The van der Waals surface area contributed by atoms with Crippen LogP contribution in [0.15, 0.2) is 22.3 Å². The first-order valence-corrected chi connectivity index (χ1v) is 10.9. The second-order valence-electron chi connectivity index (χ2n) is 8.74. The number of epoxide rings is 1. The molecule has 8 atom stereocenters. The zero-order chi connectivity index (χ0) is 23.4. The van der Waals surface area contributed by atoms with Crippen molar-refractivity contribution in [3.05, 3.63) is 29.5 Å². The van der Waals surface area contributed by atoms with Crippen molar-refractivity contribution in [2.45, 2.75) is 70.2 Å². The molecule has 0 aromatic carbocycles. The fourth-order valence-electron chi connectivity index (χ4n) is 3.96. The second kappa shape index (κ2) is 10.7. The zero-order valence-corrected chi connectivity index (χ0v) is 18.9.